The van der Waals surface area contributed by atoms with Gasteiger partial charge in [-0.15, -0.1) is 11.3 Å². The van der Waals surface area contributed by atoms with E-state index >= 15 is 0 Å². The molecule has 2 aliphatic rings. The Balaban J connectivity index is 1.37. The molecule has 0 spiro atoms. The SMILES string of the molecule is COc1cc(P2(=O)CCCCC2)ccc1NCC#Cc1sc2c(N[C@@H]3CCN(C)C[C@H]3F)cccc2c1CC(F)(F)F. The van der Waals surface area contributed by atoms with Crippen LogP contribution in [-0.4, -0.2) is 69.4 Å². The molecule has 2 N–H and O–H groups in total. The van der Waals surface area contributed by atoms with Crippen LogP contribution in [0.5, 0.6) is 5.75 Å². The Morgan fingerprint density at radius 1 is 1.14 bits per heavy atom. The van der Waals surface area contributed by atoms with Crippen LogP contribution in [0.15, 0.2) is 36.4 Å². The second kappa shape index (κ2) is 12.9. The van der Waals surface area contributed by atoms with Crippen molar-refractivity contribution < 1.29 is 26.9 Å². The molecule has 1 aromatic heterocycles. The Morgan fingerprint density at radius 3 is 2.64 bits per heavy atom. The summed E-state index contributed by atoms with van der Waals surface area (Å²) >= 11 is 1.20. The van der Waals surface area contributed by atoms with Crippen molar-refractivity contribution in [3.63, 3.8) is 0 Å². The molecule has 0 amide bonds. The van der Waals surface area contributed by atoms with Crippen molar-refractivity contribution >= 4 is 45.2 Å². The summed E-state index contributed by atoms with van der Waals surface area (Å²) in [4.78, 5) is 2.27. The topological polar surface area (TPSA) is 53.6 Å². The number of thiophene rings is 1. The van der Waals surface area contributed by atoms with Crippen molar-refractivity contribution in [3.05, 3.63) is 46.8 Å². The lowest BCUT2D eigenvalue weighted by molar-refractivity contribution is -0.126. The van der Waals surface area contributed by atoms with Gasteiger partial charge in [0.2, 0.25) is 0 Å². The normalized spacial score (nSPS) is 21.0. The molecule has 0 radical (unpaired) electrons. The molecule has 5 rings (SSSR count). The number of hydrogen-bond acceptors (Lipinski definition) is 6. The van der Waals surface area contributed by atoms with Gasteiger partial charge in [0.25, 0.3) is 0 Å². The number of alkyl halides is 4. The number of fused-ring (bicyclic) bond motifs is 1. The van der Waals surface area contributed by atoms with Crippen LogP contribution in [0.25, 0.3) is 10.1 Å². The van der Waals surface area contributed by atoms with Gasteiger partial charge in [0.05, 0.1) is 47.1 Å². The zero-order valence-corrected chi connectivity index (χ0v) is 25.5. The molecule has 0 unspecified atom stereocenters. The van der Waals surface area contributed by atoms with Gasteiger partial charge in [0.15, 0.2) is 0 Å². The van der Waals surface area contributed by atoms with Crippen molar-refractivity contribution in [2.45, 2.75) is 50.5 Å². The molecule has 2 aliphatic heterocycles. The summed E-state index contributed by atoms with van der Waals surface area (Å²) in [7, 11) is 1.01. The molecule has 226 valence electrons. The summed E-state index contributed by atoms with van der Waals surface area (Å²) in [6.45, 7) is 1.24. The Hall–Kier alpha value is -2.73. The smallest absolute Gasteiger partial charge is 0.393 e. The van der Waals surface area contributed by atoms with E-state index in [-0.39, 0.29) is 12.1 Å². The van der Waals surface area contributed by atoms with Crippen molar-refractivity contribution in [2.75, 3.05) is 56.7 Å². The molecule has 11 heteroatoms. The lowest BCUT2D eigenvalue weighted by Gasteiger charge is -2.33. The molecule has 2 aromatic carbocycles. The average Bonchev–Trinajstić information content (AvgIpc) is 3.29. The Bertz CT molecular complexity index is 1520. The molecule has 2 fully saturated rings. The van der Waals surface area contributed by atoms with Gasteiger partial charge in [0, 0.05) is 30.7 Å². The monoisotopic (exact) mass is 621 g/mol. The summed E-state index contributed by atoms with van der Waals surface area (Å²) < 4.78 is 75.2. The molecule has 0 saturated carbocycles. The average molecular weight is 622 g/mol. The van der Waals surface area contributed by atoms with E-state index in [0.717, 1.165) is 31.1 Å². The van der Waals surface area contributed by atoms with E-state index in [1.54, 1.807) is 25.3 Å². The third kappa shape index (κ3) is 7.07. The van der Waals surface area contributed by atoms with Gasteiger partial charge < -0.3 is 24.8 Å². The van der Waals surface area contributed by atoms with Crippen molar-refractivity contribution in [2.24, 2.45) is 0 Å². The highest BCUT2D eigenvalue weighted by Gasteiger charge is 2.32. The number of ether oxygens (including phenoxy) is 1. The number of methoxy groups -OCH3 is 1. The zero-order chi connectivity index (χ0) is 29.9. The number of piperidine rings is 1. The molecule has 0 aliphatic carbocycles. The third-order valence-corrected chi connectivity index (χ3v) is 12.5. The summed E-state index contributed by atoms with van der Waals surface area (Å²) in [5.41, 5.74) is 1.44. The Labute approximate surface area is 248 Å². The number of halogens is 4. The zero-order valence-electron chi connectivity index (χ0n) is 23.8. The lowest BCUT2D eigenvalue weighted by atomic mass is 10.0. The highest BCUT2D eigenvalue weighted by Crippen LogP contribution is 2.50. The summed E-state index contributed by atoms with van der Waals surface area (Å²) in [5, 5.41) is 7.76. The first-order valence-corrected chi connectivity index (χ1v) is 17.2. The molecule has 3 heterocycles. The number of benzene rings is 2. The number of nitrogens with zero attached hydrogens (tertiary/aromatic N) is 1. The molecule has 3 aromatic rings. The maximum atomic E-state index is 14.7. The quantitative estimate of drug-likeness (QED) is 0.168. The maximum absolute atomic E-state index is 14.7. The van der Waals surface area contributed by atoms with Crippen molar-refractivity contribution in [1.29, 1.82) is 0 Å². The molecule has 2 atom stereocenters. The summed E-state index contributed by atoms with van der Waals surface area (Å²) in [5.74, 6) is 6.49. The van der Waals surface area contributed by atoms with E-state index in [2.05, 4.69) is 22.5 Å². The molecular weight excluding hydrogens is 585 g/mol. The van der Waals surface area contributed by atoms with Crippen molar-refractivity contribution in [3.8, 4) is 17.6 Å². The van der Waals surface area contributed by atoms with Crippen LogP contribution in [0, 0.1) is 11.8 Å². The second-order valence-corrected chi connectivity index (χ2v) is 15.3. The minimum Gasteiger partial charge on any atom is -0.495 e. The van der Waals surface area contributed by atoms with Crippen LogP contribution < -0.4 is 20.7 Å². The number of nitrogens with one attached hydrogen (secondary N) is 2. The van der Waals surface area contributed by atoms with E-state index in [1.807, 2.05) is 30.1 Å². The van der Waals surface area contributed by atoms with Crippen LogP contribution >= 0.6 is 18.5 Å². The van der Waals surface area contributed by atoms with E-state index in [9.17, 15) is 22.1 Å². The lowest BCUT2D eigenvalue weighted by Crippen LogP contribution is -2.46. The minimum absolute atomic E-state index is 0.137. The van der Waals surface area contributed by atoms with E-state index in [1.165, 1.54) is 11.3 Å². The van der Waals surface area contributed by atoms with Crippen LogP contribution in [0.2, 0.25) is 0 Å². The molecule has 0 bridgehead atoms. The fraction of sp³-hybridized carbons (Fsp3) is 0.484. The summed E-state index contributed by atoms with van der Waals surface area (Å²) in [6, 6.07) is 10.3. The molecule has 5 nitrogen and oxygen atoms in total. The fourth-order valence-corrected chi connectivity index (χ4v) is 9.88. The molecule has 42 heavy (non-hydrogen) atoms. The van der Waals surface area contributed by atoms with Gasteiger partial charge in [-0.25, -0.2) is 4.39 Å². The highest BCUT2D eigenvalue weighted by molar-refractivity contribution is 7.71. The van der Waals surface area contributed by atoms with Crippen LogP contribution in [0.1, 0.15) is 36.1 Å². The van der Waals surface area contributed by atoms with Gasteiger partial charge in [0.1, 0.15) is 19.1 Å². The van der Waals surface area contributed by atoms with Crippen LogP contribution in [-0.2, 0) is 11.0 Å². The van der Waals surface area contributed by atoms with Gasteiger partial charge >= 0.3 is 6.18 Å². The number of anilines is 2. The highest BCUT2D eigenvalue weighted by atomic mass is 32.1. The largest absolute Gasteiger partial charge is 0.495 e. The number of hydrogen-bond donors (Lipinski definition) is 2. The minimum atomic E-state index is -4.40. The molecular formula is C31H36F4N3O2PS. The van der Waals surface area contributed by atoms with Gasteiger partial charge in [-0.05, 0) is 61.5 Å². The molecule has 2 saturated heterocycles. The van der Waals surface area contributed by atoms with Gasteiger partial charge in [-0.1, -0.05) is 30.4 Å². The fourth-order valence-electron chi connectivity index (χ4n) is 5.80. The first kappa shape index (κ1) is 30.7. The van der Waals surface area contributed by atoms with E-state index in [0.29, 0.717) is 57.4 Å². The van der Waals surface area contributed by atoms with Crippen LogP contribution in [0.4, 0.5) is 28.9 Å². The first-order chi connectivity index (χ1) is 20.1. The Morgan fingerprint density at radius 2 is 1.93 bits per heavy atom. The van der Waals surface area contributed by atoms with Crippen LogP contribution in [0.3, 0.4) is 0 Å². The first-order valence-electron chi connectivity index (χ1n) is 14.3. The van der Waals surface area contributed by atoms with E-state index < -0.39 is 32.0 Å². The van der Waals surface area contributed by atoms with Gasteiger partial charge in [-0.2, -0.15) is 13.2 Å². The second-order valence-electron chi connectivity index (χ2n) is 11.1. The number of likely N-dealkylation sites (tertiary alicyclic amines) is 1. The Kier molecular flexibility index (Phi) is 9.41. The standard InChI is InChI=1S/C31H36F4N3O2PS/c1-38-15-13-25(24(32)20-38)37-27-9-6-8-22-23(19-31(33,34)35)29(42-30(22)27)10-7-14-36-26-12-11-21(18-28(26)40-2)41(39)16-4-3-5-17-41/h6,8-9,11-12,18,24-25,36-37H,3-5,13-17,19-20H2,1-2H3/t24-,25-/m1/s1. The third-order valence-electron chi connectivity index (χ3n) is 8.04. The van der Waals surface area contributed by atoms with E-state index in [4.69, 9.17) is 4.74 Å². The predicted octanol–water partition coefficient (Wildman–Crippen LogP) is 7.10. The summed E-state index contributed by atoms with van der Waals surface area (Å²) in [6.07, 6.45) is -1.49. The maximum Gasteiger partial charge on any atom is 0.393 e. The van der Waals surface area contributed by atoms with Crippen molar-refractivity contribution in [1.82, 2.24) is 4.90 Å². The predicted molar refractivity (Wildman–Crippen MR) is 165 cm³/mol. The number of rotatable bonds is 7. The van der Waals surface area contributed by atoms with Gasteiger partial charge in [-0.3, -0.25) is 0 Å².